The molecule has 0 saturated carbocycles. The van der Waals surface area contributed by atoms with Crippen LogP contribution in [0.1, 0.15) is 24.8 Å². The second-order valence-electron chi connectivity index (χ2n) is 4.20. The largest absolute Gasteiger partial charge is 0.493 e. The number of aliphatic hydroxyl groups is 1. The van der Waals surface area contributed by atoms with Crippen molar-refractivity contribution < 1.29 is 9.84 Å². The topological polar surface area (TPSA) is 29.5 Å². The first kappa shape index (κ1) is 11.8. The summed E-state index contributed by atoms with van der Waals surface area (Å²) in [4.78, 5) is 0. The molecule has 88 valence electrons. The van der Waals surface area contributed by atoms with Crippen LogP contribution in [0.5, 0.6) is 5.75 Å². The fraction of sp³-hybridized carbons (Fsp3) is 0.538. The van der Waals surface area contributed by atoms with Gasteiger partial charge < -0.3 is 9.84 Å². The number of hydrogen-bond acceptors (Lipinski definition) is 3. The minimum absolute atomic E-state index is 0.259. The standard InChI is InChI=1S/C13H18O2S/c1-10(8-14)16-9-11-6-7-15-13-5-3-2-4-12(11)13/h2-5,10-11,14H,6-9H2,1H3. The molecule has 0 saturated heterocycles. The van der Waals surface area contributed by atoms with Crippen molar-refractivity contribution in [3.8, 4) is 5.75 Å². The Bertz CT molecular complexity index is 340. The molecule has 0 bridgehead atoms. The summed E-state index contributed by atoms with van der Waals surface area (Å²) in [6.45, 7) is 3.14. The number of aliphatic hydroxyl groups excluding tert-OH is 1. The van der Waals surface area contributed by atoms with Crippen LogP contribution in [0, 0.1) is 0 Å². The predicted octanol–water partition coefficient (Wildman–Crippen LogP) is 2.67. The van der Waals surface area contributed by atoms with E-state index in [2.05, 4.69) is 19.1 Å². The molecule has 2 unspecified atom stereocenters. The van der Waals surface area contributed by atoms with Crippen LogP contribution in [0.25, 0.3) is 0 Å². The maximum absolute atomic E-state index is 9.01. The van der Waals surface area contributed by atoms with Gasteiger partial charge in [0.1, 0.15) is 5.75 Å². The first-order valence-electron chi connectivity index (χ1n) is 5.75. The summed E-state index contributed by atoms with van der Waals surface area (Å²) in [5.74, 6) is 2.68. The average Bonchev–Trinajstić information content (AvgIpc) is 2.35. The number of hydrogen-bond donors (Lipinski definition) is 1. The molecule has 3 heteroatoms. The van der Waals surface area contributed by atoms with Gasteiger partial charge in [0, 0.05) is 11.0 Å². The Morgan fingerprint density at radius 2 is 2.31 bits per heavy atom. The van der Waals surface area contributed by atoms with Crippen molar-refractivity contribution in [3.05, 3.63) is 29.8 Å². The molecule has 2 nitrogen and oxygen atoms in total. The highest BCUT2D eigenvalue weighted by Gasteiger charge is 2.21. The van der Waals surface area contributed by atoms with E-state index in [1.54, 1.807) is 0 Å². The van der Waals surface area contributed by atoms with Crippen molar-refractivity contribution in [3.63, 3.8) is 0 Å². The summed E-state index contributed by atoms with van der Waals surface area (Å²) in [5.41, 5.74) is 1.33. The van der Waals surface area contributed by atoms with Crippen molar-refractivity contribution in [1.29, 1.82) is 0 Å². The number of thioether (sulfide) groups is 1. The van der Waals surface area contributed by atoms with E-state index in [-0.39, 0.29) is 6.61 Å². The van der Waals surface area contributed by atoms with E-state index in [1.165, 1.54) is 5.56 Å². The normalized spacial score (nSPS) is 21.0. The Labute approximate surface area is 101 Å². The highest BCUT2D eigenvalue weighted by molar-refractivity contribution is 7.99. The molecule has 1 aromatic rings. The molecule has 16 heavy (non-hydrogen) atoms. The van der Waals surface area contributed by atoms with Crippen LogP contribution in [-0.2, 0) is 0 Å². The van der Waals surface area contributed by atoms with E-state index in [0.717, 1.165) is 24.5 Å². The number of para-hydroxylation sites is 1. The number of rotatable bonds is 4. The molecule has 1 N–H and O–H groups in total. The summed E-state index contributed by atoms with van der Waals surface area (Å²) >= 11 is 1.84. The zero-order chi connectivity index (χ0) is 11.4. The lowest BCUT2D eigenvalue weighted by atomic mass is 9.95. The fourth-order valence-corrected chi connectivity index (χ4v) is 2.93. The van der Waals surface area contributed by atoms with E-state index in [9.17, 15) is 0 Å². The van der Waals surface area contributed by atoms with Crippen LogP contribution in [0.3, 0.4) is 0 Å². The van der Waals surface area contributed by atoms with Crippen LogP contribution in [0.15, 0.2) is 24.3 Å². The Morgan fingerprint density at radius 1 is 1.50 bits per heavy atom. The summed E-state index contributed by atoms with van der Waals surface area (Å²) in [5, 5.41) is 9.34. The van der Waals surface area contributed by atoms with E-state index in [0.29, 0.717) is 11.2 Å². The second-order valence-corrected chi connectivity index (χ2v) is 5.67. The van der Waals surface area contributed by atoms with Gasteiger partial charge in [0.15, 0.2) is 0 Å². The van der Waals surface area contributed by atoms with Gasteiger partial charge in [0.2, 0.25) is 0 Å². The highest BCUT2D eigenvalue weighted by atomic mass is 32.2. The Balaban J connectivity index is 2.01. The minimum atomic E-state index is 0.259. The Morgan fingerprint density at radius 3 is 3.12 bits per heavy atom. The van der Waals surface area contributed by atoms with Crippen molar-refractivity contribution >= 4 is 11.8 Å². The quantitative estimate of drug-likeness (QED) is 0.874. The van der Waals surface area contributed by atoms with Gasteiger partial charge >= 0.3 is 0 Å². The van der Waals surface area contributed by atoms with Gasteiger partial charge in [0.05, 0.1) is 13.2 Å². The zero-order valence-electron chi connectivity index (χ0n) is 9.56. The van der Waals surface area contributed by atoms with Crippen molar-refractivity contribution in [1.82, 2.24) is 0 Å². The summed E-state index contributed by atoms with van der Waals surface area (Å²) < 4.78 is 5.63. The molecule has 0 spiro atoms. The lowest BCUT2D eigenvalue weighted by Crippen LogP contribution is -2.17. The first-order valence-corrected chi connectivity index (χ1v) is 6.80. The SMILES string of the molecule is CC(CO)SCC1CCOc2ccccc21. The maximum atomic E-state index is 9.01. The van der Waals surface area contributed by atoms with Crippen molar-refractivity contribution in [2.24, 2.45) is 0 Å². The first-order chi connectivity index (χ1) is 7.81. The second kappa shape index (κ2) is 5.60. The maximum Gasteiger partial charge on any atom is 0.122 e. The third-order valence-electron chi connectivity index (χ3n) is 2.92. The summed E-state index contributed by atoms with van der Waals surface area (Å²) in [7, 11) is 0. The van der Waals surface area contributed by atoms with Crippen LogP contribution >= 0.6 is 11.8 Å². The third-order valence-corrected chi connectivity index (χ3v) is 4.23. The fourth-order valence-electron chi connectivity index (χ4n) is 1.92. The van der Waals surface area contributed by atoms with E-state index < -0.39 is 0 Å². The van der Waals surface area contributed by atoms with E-state index >= 15 is 0 Å². The molecular formula is C13H18O2S. The monoisotopic (exact) mass is 238 g/mol. The van der Waals surface area contributed by atoms with Gasteiger partial charge in [0.25, 0.3) is 0 Å². The molecule has 1 aromatic carbocycles. The minimum Gasteiger partial charge on any atom is -0.493 e. The summed E-state index contributed by atoms with van der Waals surface area (Å²) in [6, 6.07) is 8.29. The van der Waals surface area contributed by atoms with Gasteiger partial charge in [-0.25, -0.2) is 0 Å². The molecule has 2 atom stereocenters. The van der Waals surface area contributed by atoms with Gasteiger partial charge in [-0.05, 0) is 24.0 Å². The highest BCUT2D eigenvalue weighted by Crippen LogP contribution is 2.35. The van der Waals surface area contributed by atoms with Gasteiger partial charge in [-0.3, -0.25) is 0 Å². The van der Waals surface area contributed by atoms with Gasteiger partial charge in [-0.2, -0.15) is 11.8 Å². The molecule has 1 aliphatic rings. The smallest absolute Gasteiger partial charge is 0.122 e. The number of fused-ring (bicyclic) bond motifs is 1. The Kier molecular flexibility index (Phi) is 4.13. The van der Waals surface area contributed by atoms with Crippen LogP contribution in [0.2, 0.25) is 0 Å². The van der Waals surface area contributed by atoms with Gasteiger partial charge in [-0.1, -0.05) is 25.1 Å². The lowest BCUT2D eigenvalue weighted by molar-refractivity contribution is 0.273. The zero-order valence-corrected chi connectivity index (χ0v) is 10.4. The molecular weight excluding hydrogens is 220 g/mol. The lowest BCUT2D eigenvalue weighted by Gasteiger charge is -2.26. The molecule has 0 aliphatic carbocycles. The van der Waals surface area contributed by atoms with Gasteiger partial charge in [-0.15, -0.1) is 0 Å². The van der Waals surface area contributed by atoms with E-state index in [4.69, 9.17) is 9.84 Å². The van der Waals surface area contributed by atoms with Crippen LogP contribution in [0.4, 0.5) is 0 Å². The van der Waals surface area contributed by atoms with E-state index in [1.807, 2.05) is 23.9 Å². The number of benzene rings is 1. The van der Waals surface area contributed by atoms with Crippen LogP contribution < -0.4 is 4.74 Å². The predicted molar refractivity (Wildman–Crippen MR) is 68.3 cm³/mol. The Hall–Kier alpha value is -0.670. The van der Waals surface area contributed by atoms with Crippen molar-refractivity contribution in [2.75, 3.05) is 19.0 Å². The molecule has 0 fully saturated rings. The average molecular weight is 238 g/mol. The molecule has 1 aliphatic heterocycles. The number of ether oxygens (including phenoxy) is 1. The molecule has 0 radical (unpaired) electrons. The molecule has 1 heterocycles. The molecule has 0 amide bonds. The molecule has 2 rings (SSSR count). The third kappa shape index (κ3) is 2.71. The molecule has 0 aromatic heterocycles. The van der Waals surface area contributed by atoms with Crippen LogP contribution in [-0.4, -0.2) is 29.3 Å². The van der Waals surface area contributed by atoms with Crippen molar-refractivity contribution in [2.45, 2.75) is 24.5 Å². The summed E-state index contributed by atoms with van der Waals surface area (Å²) in [6.07, 6.45) is 1.09.